The van der Waals surface area contributed by atoms with Gasteiger partial charge in [0, 0.05) is 16.4 Å². The zero-order valence-corrected chi connectivity index (χ0v) is 21.5. The lowest BCUT2D eigenvalue weighted by molar-refractivity contribution is -0.382. The van der Waals surface area contributed by atoms with Gasteiger partial charge < -0.3 is 0 Å². The molecule has 1 saturated heterocycles. The summed E-state index contributed by atoms with van der Waals surface area (Å²) in [6.07, 6.45) is -1.17. The Morgan fingerprint density at radius 3 is 1.84 bits per heavy atom. The molecule has 0 N–H and O–H groups in total. The summed E-state index contributed by atoms with van der Waals surface area (Å²) in [5.41, 5.74) is 1.11. The van der Waals surface area contributed by atoms with Crippen molar-refractivity contribution < 1.29 is 51.6 Å². The van der Waals surface area contributed by atoms with Crippen molar-refractivity contribution in [3.05, 3.63) is 42.0 Å². The van der Waals surface area contributed by atoms with Gasteiger partial charge in [-0.2, -0.15) is 47.9 Å². The van der Waals surface area contributed by atoms with Gasteiger partial charge in [0.05, 0.1) is 0 Å². The summed E-state index contributed by atoms with van der Waals surface area (Å²) in [4.78, 5) is 0.0955. The zero-order valence-electron chi connectivity index (χ0n) is 19.8. The maximum Gasteiger partial charge on any atom is 0.460 e. The van der Waals surface area contributed by atoms with Gasteiger partial charge in [-0.1, -0.05) is 53.8 Å². The molecule has 2 fully saturated rings. The van der Waals surface area contributed by atoms with Crippen LogP contribution in [0.2, 0.25) is 0 Å². The van der Waals surface area contributed by atoms with Crippen molar-refractivity contribution in [3.63, 3.8) is 0 Å². The molecule has 0 bridgehead atoms. The SMILES string of the molecule is O=S(=O)(OS1(c2ccc3cc(C4CCCCC4)ccc3c2)CCCC1)C(F)(F)C(F)(F)C(F)(F)C(F)(F)F. The normalized spacial score (nSPS) is 21.1. The Labute approximate surface area is 215 Å². The van der Waals surface area contributed by atoms with E-state index >= 15 is 0 Å². The monoisotopic (exact) mass is 596 g/mol. The number of benzene rings is 2. The topological polar surface area (TPSA) is 43.4 Å². The Morgan fingerprint density at radius 2 is 1.26 bits per heavy atom. The van der Waals surface area contributed by atoms with Gasteiger partial charge in [-0.15, -0.1) is 0 Å². The van der Waals surface area contributed by atoms with Crippen LogP contribution in [-0.4, -0.2) is 43.2 Å². The molecule has 1 heterocycles. The first kappa shape index (κ1) is 29.3. The van der Waals surface area contributed by atoms with E-state index in [1.807, 2.05) is 12.1 Å². The highest BCUT2D eigenvalue weighted by Crippen LogP contribution is 2.65. The molecule has 1 aliphatic heterocycles. The molecule has 214 valence electrons. The molecule has 0 radical (unpaired) electrons. The van der Waals surface area contributed by atoms with Crippen molar-refractivity contribution >= 4 is 31.2 Å². The highest BCUT2D eigenvalue weighted by Gasteiger charge is 2.86. The minimum absolute atomic E-state index is 0.0955. The van der Waals surface area contributed by atoms with E-state index in [1.165, 1.54) is 18.6 Å². The number of fused-ring (bicyclic) bond motifs is 1. The van der Waals surface area contributed by atoms with E-state index in [-0.39, 0.29) is 29.2 Å². The van der Waals surface area contributed by atoms with Gasteiger partial charge >= 0.3 is 33.4 Å². The number of hydrogen-bond donors (Lipinski definition) is 0. The van der Waals surface area contributed by atoms with Crippen LogP contribution in [0.4, 0.5) is 39.5 Å². The summed E-state index contributed by atoms with van der Waals surface area (Å²) < 4.78 is 150. The van der Waals surface area contributed by atoms with Crippen molar-refractivity contribution in [2.24, 2.45) is 0 Å². The molecule has 2 aromatic carbocycles. The van der Waals surface area contributed by atoms with E-state index in [4.69, 9.17) is 0 Å². The standard InChI is InChI=1S/C24H25F9O3S2/c25-21(26,23(29,30)31)22(27,28)24(32,33)38(34,35)36-37(12-4-5-13-37)20-11-10-18-14-17(8-9-19(18)15-20)16-6-2-1-3-7-16/h8-11,14-16H,1-7,12-13H2. The number of hydrogen-bond acceptors (Lipinski definition) is 3. The van der Waals surface area contributed by atoms with Crippen molar-refractivity contribution in [2.75, 3.05) is 11.5 Å². The van der Waals surface area contributed by atoms with Crippen LogP contribution in [-0.2, 0) is 13.7 Å². The van der Waals surface area contributed by atoms with Gasteiger partial charge in [0.1, 0.15) is 0 Å². The van der Waals surface area contributed by atoms with Crippen LogP contribution in [0.1, 0.15) is 56.4 Å². The van der Waals surface area contributed by atoms with E-state index in [9.17, 15) is 47.9 Å². The van der Waals surface area contributed by atoms with E-state index in [0.29, 0.717) is 11.3 Å². The van der Waals surface area contributed by atoms with Crippen LogP contribution < -0.4 is 0 Å². The summed E-state index contributed by atoms with van der Waals surface area (Å²) in [5, 5.41) is -5.52. The Morgan fingerprint density at radius 1 is 0.711 bits per heavy atom. The fourth-order valence-corrected chi connectivity index (χ4v) is 10.7. The molecule has 0 aromatic heterocycles. The Bertz CT molecular complexity index is 1280. The first-order valence-corrected chi connectivity index (χ1v) is 15.2. The zero-order chi connectivity index (χ0) is 28.2. The van der Waals surface area contributed by atoms with Gasteiger partial charge in [-0.25, -0.2) is 3.63 Å². The third-order valence-corrected chi connectivity index (χ3v) is 12.8. The van der Waals surface area contributed by atoms with Crippen LogP contribution in [0, 0.1) is 0 Å². The summed E-state index contributed by atoms with van der Waals surface area (Å²) in [5.74, 6) is -14.6. The Hall–Kier alpha value is -1.67. The predicted molar refractivity (Wildman–Crippen MR) is 125 cm³/mol. The highest BCUT2D eigenvalue weighted by molar-refractivity contribution is 8.33. The molecular formula is C24H25F9O3S2. The summed E-state index contributed by atoms with van der Waals surface area (Å²) in [6, 6.07) is 10.1. The van der Waals surface area contributed by atoms with E-state index < -0.39 is 43.7 Å². The Kier molecular flexibility index (Phi) is 7.53. The molecule has 0 unspecified atom stereocenters. The molecule has 14 heteroatoms. The van der Waals surface area contributed by atoms with Crippen molar-refractivity contribution in [1.82, 2.24) is 0 Å². The van der Waals surface area contributed by atoms with Gasteiger partial charge in [0.25, 0.3) is 0 Å². The van der Waals surface area contributed by atoms with Crippen molar-refractivity contribution in [3.8, 4) is 0 Å². The van der Waals surface area contributed by atoms with Crippen LogP contribution in [0.15, 0.2) is 41.3 Å². The lowest BCUT2D eigenvalue weighted by Gasteiger charge is -2.38. The maximum atomic E-state index is 14.4. The summed E-state index contributed by atoms with van der Waals surface area (Å²) >= 11 is 0. The summed E-state index contributed by atoms with van der Waals surface area (Å²) in [7, 11) is -10.2. The molecule has 1 saturated carbocycles. The molecule has 2 aliphatic rings. The molecule has 3 nitrogen and oxygen atoms in total. The lowest BCUT2D eigenvalue weighted by atomic mass is 9.83. The van der Waals surface area contributed by atoms with E-state index in [1.54, 1.807) is 12.1 Å². The highest BCUT2D eigenvalue weighted by atomic mass is 32.3. The quantitative estimate of drug-likeness (QED) is 0.301. The van der Waals surface area contributed by atoms with E-state index in [2.05, 4.69) is 3.63 Å². The molecule has 1 aliphatic carbocycles. The maximum absolute atomic E-state index is 14.4. The number of rotatable bonds is 7. The first-order chi connectivity index (χ1) is 17.5. The second-order valence-electron chi connectivity index (χ2n) is 9.72. The second kappa shape index (κ2) is 9.76. The third-order valence-electron chi connectivity index (χ3n) is 7.19. The van der Waals surface area contributed by atoms with Gasteiger partial charge in [0.15, 0.2) is 0 Å². The minimum Gasteiger partial charge on any atom is -0.211 e. The average Bonchev–Trinajstić information content (AvgIpc) is 3.31. The molecule has 4 rings (SSSR count). The fraction of sp³-hybridized carbons (Fsp3) is 0.583. The second-order valence-corrected chi connectivity index (χ2v) is 14.6. The average molecular weight is 597 g/mol. The van der Waals surface area contributed by atoms with Crippen molar-refractivity contribution in [1.29, 1.82) is 0 Å². The Balaban J connectivity index is 1.69. The number of halogens is 9. The largest absolute Gasteiger partial charge is 0.460 e. The van der Waals surface area contributed by atoms with Crippen LogP contribution in [0.25, 0.3) is 10.8 Å². The summed E-state index contributed by atoms with van der Waals surface area (Å²) in [6.45, 7) is 0. The van der Waals surface area contributed by atoms with Gasteiger partial charge in [0.2, 0.25) is 0 Å². The first-order valence-electron chi connectivity index (χ1n) is 11.9. The molecule has 0 amide bonds. The third kappa shape index (κ3) is 4.78. The molecule has 38 heavy (non-hydrogen) atoms. The van der Waals surface area contributed by atoms with Gasteiger partial charge in [-0.05, 0) is 60.1 Å². The van der Waals surface area contributed by atoms with E-state index in [0.717, 1.165) is 36.6 Å². The van der Waals surface area contributed by atoms with Crippen molar-refractivity contribution in [2.45, 2.75) is 79.0 Å². The van der Waals surface area contributed by atoms with Crippen LogP contribution in [0.3, 0.4) is 0 Å². The molecular weight excluding hydrogens is 571 g/mol. The molecule has 2 aromatic rings. The molecule has 0 atom stereocenters. The lowest BCUT2D eigenvalue weighted by Crippen LogP contribution is -2.63. The van der Waals surface area contributed by atoms with Crippen LogP contribution >= 0.6 is 10.3 Å². The predicted octanol–water partition coefficient (Wildman–Crippen LogP) is 8.53. The van der Waals surface area contributed by atoms with Gasteiger partial charge in [-0.3, -0.25) is 0 Å². The number of alkyl halides is 9. The van der Waals surface area contributed by atoms with Crippen LogP contribution in [0.5, 0.6) is 0 Å². The smallest absolute Gasteiger partial charge is 0.211 e. The minimum atomic E-state index is -7.34. The molecule has 0 spiro atoms. The fourth-order valence-electron chi connectivity index (χ4n) is 5.01.